The van der Waals surface area contributed by atoms with E-state index < -0.39 is 18.0 Å². The van der Waals surface area contributed by atoms with Gasteiger partial charge in [0.25, 0.3) is 5.88 Å². The van der Waals surface area contributed by atoms with Crippen molar-refractivity contribution in [3.8, 4) is 17.1 Å². The lowest BCUT2D eigenvalue weighted by molar-refractivity contribution is -0.137. The van der Waals surface area contributed by atoms with Gasteiger partial charge in [0.2, 0.25) is 0 Å². The topological polar surface area (TPSA) is 92.6 Å². The SMILES string of the molecule is CCOc1ncc(-c2cc(NC(O)c3cccc(C(F)(F)F)c3)cnc2C)nc1N1CCOCC1. The molecule has 8 nitrogen and oxygen atoms in total. The van der Waals surface area contributed by atoms with Crippen LogP contribution in [-0.4, -0.2) is 53.0 Å². The van der Waals surface area contributed by atoms with Crippen molar-refractivity contribution in [2.24, 2.45) is 0 Å². The molecule has 0 radical (unpaired) electrons. The van der Waals surface area contributed by atoms with Gasteiger partial charge in [-0.1, -0.05) is 12.1 Å². The standard InChI is InChI=1S/C24H26F3N5O3/c1-3-35-23-21(32-7-9-34-10-8-32)31-20(14-29-23)19-12-18(13-28-15(19)2)30-22(33)16-5-4-6-17(11-16)24(25,26)27/h4-6,11-14,22,30,33H,3,7-10H2,1-2H3. The van der Waals surface area contributed by atoms with Gasteiger partial charge in [0, 0.05) is 29.9 Å². The van der Waals surface area contributed by atoms with Crippen LogP contribution in [0.1, 0.15) is 30.0 Å². The van der Waals surface area contributed by atoms with Crippen molar-refractivity contribution < 1.29 is 27.8 Å². The van der Waals surface area contributed by atoms with Crippen molar-refractivity contribution in [1.29, 1.82) is 0 Å². The van der Waals surface area contributed by atoms with Crippen molar-refractivity contribution in [1.82, 2.24) is 15.0 Å². The quantitative estimate of drug-likeness (QED) is 0.477. The zero-order chi connectivity index (χ0) is 25.0. The Balaban J connectivity index is 1.62. The zero-order valence-electron chi connectivity index (χ0n) is 19.3. The van der Waals surface area contributed by atoms with Crippen LogP contribution in [0.3, 0.4) is 0 Å². The Morgan fingerprint density at radius 3 is 2.66 bits per heavy atom. The molecular weight excluding hydrogens is 463 g/mol. The van der Waals surface area contributed by atoms with Crippen LogP contribution < -0.4 is 15.0 Å². The molecule has 1 fully saturated rings. The number of rotatable bonds is 7. The number of pyridine rings is 1. The van der Waals surface area contributed by atoms with Gasteiger partial charge < -0.3 is 24.8 Å². The van der Waals surface area contributed by atoms with Gasteiger partial charge >= 0.3 is 6.18 Å². The third-order valence-electron chi connectivity index (χ3n) is 5.51. The number of nitrogens with one attached hydrogen (secondary N) is 1. The van der Waals surface area contributed by atoms with E-state index in [-0.39, 0.29) is 5.56 Å². The predicted molar refractivity (Wildman–Crippen MR) is 124 cm³/mol. The Kier molecular flexibility index (Phi) is 7.37. The summed E-state index contributed by atoms with van der Waals surface area (Å²) in [5.74, 6) is 1.03. The second-order valence-corrected chi connectivity index (χ2v) is 7.94. The Labute approximate surface area is 200 Å². The van der Waals surface area contributed by atoms with E-state index in [4.69, 9.17) is 14.5 Å². The fourth-order valence-electron chi connectivity index (χ4n) is 3.72. The van der Waals surface area contributed by atoms with Crippen molar-refractivity contribution in [2.45, 2.75) is 26.3 Å². The predicted octanol–water partition coefficient (Wildman–Crippen LogP) is 4.20. The Morgan fingerprint density at radius 2 is 1.94 bits per heavy atom. The number of aryl methyl sites for hydroxylation is 1. The van der Waals surface area contributed by atoms with Gasteiger partial charge in [-0.15, -0.1) is 0 Å². The molecule has 1 aliphatic rings. The third kappa shape index (κ3) is 5.80. The number of aliphatic hydroxyl groups is 1. The molecule has 11 heteroatoms. The highest BCUT2D eigenvalue weighted by Crippen LogP contribution is 2.33. The number of nitrogens with zero attached hydrogens (tertiary/aromatic N) is 4. The summed E-state index contributed by atoms with van der Waals surface area (Å²) in [5.41, 5.74) is 1.55. The molecule has 0 bridgehead atoms. The molecule has 0 saturated carbocycles. The average Bonchev–Trinajstić information content (AvgIpc) is 2.86. The van der Waals surface area contributed by atoms with Crippen molar-refractivity contribution in [3.05, 3.63) is 59.5 Å². The molecule has 186 valence electrons. The summed E-state index contributed by atoms with van der Waals surface area (Å²) in [6, 6.07) is 6.27. The van der Waals surface area contributed by atoms with Gasteiger partial charge in [-0.2, -0.15) is 13.2 Å². The second-order valence-electron chi connectivity index (χ2n) is 7.94. The molecule has 1 aromatic carbocycles. The molecule has 1 saturated heterocycles. The maximum absolute atomic E-state index is 13.0. The number of hydrogen-bond donors (Lipinski definition) is 2. The van der Waals surface area contributed by atoms with E-state index in [0.29, 0.717) is 67.2 Å². The van der Waals surface area contributed by atoms with E-state index in [1.165, 1.54) is 18.3 Å². The third-order valence-corrected chi connectivity index (χ3v) is 5.51. The number of hydrogen-bond acceptors (Lipinski definition) is 8. The molecule has 2 aromatic heterocycles. The minimum Gasteiger partial charge on any atom is -0.475 e. The van der Waals surface area contributed by atoms with Crippen LogP contribution in [0.25, 0.3) is 11.3 Å². The van der Waals surface area contributed by atoms with Gasteiger partial charge in [0.05, 0.1) is 49.2 Å². The summed E-state index contributed by atoms with van der Waals surface area (Å²) >= 11 is 0. The first-order chi connectivity index (χ1) is 16.8. The highest BCUT2D eigenvalue weighted by atomic mass is 19.4. The van der Waals surface area contributed by atoms with Crippen molar-refractivity contribution in [3.63, 3.8) is 0 Å². The molecule has 1 atom stereocenters. The summed E-state index contributed by atoms with van der Waals surface area (Å²) in [7, 11) is 0. The minimum absolute atomic E-state index is 0.0809. The van der Waals surface area contributed by atoms with E-state index in [1.54, 1.807) is 12.3 Å². The second kappa shape index (κ2) is 10.4. The summed E-state index contributed by atoms with van der Waals surface area (Å²) in [6.45, 7) is 6.58. The number of aliphatic hydroxyl groups excluding tert-OH is 1. The van der Waals surface area contributed by atoms with E-state index >= 15 is 0 Å². The maximum Gasteiger partial charge on any atom is 0.416 e. The van der Waals surface area contributed by atoms with Gasteiger partial charge in [-0.05, 0) is 32.0 Å². The molecular formula is C24H26F3N5O3. The molecule has 3 aromatic rings. The van der Waals surface area contributed by atoms with Crippen LogP contribution in [0.4, 0.5) is 24.7 Å². The largest absolute Gasteiger partial charge is 0.475 e. The lowest BCUT2D eigenvalue weighted by Crippen LogP contribution is -2.37. The average molecular weight is 489 g/mol. The fourth-order valence-corrected chi connectivity index (χ4v) is 3.72. The molecule has 2 N–H and O–H groups in total. The van der Waals surface area contributed by atoms with Gasteiger partial charge in [-0.3, -0.25) is 4.98 Å². The first-order valence-corrected chi connectivity index (χ1v) is 11.2. The van der Waals surface area contributed by atoms with Crippen molar-refractivity contribution >= 4 is 11.5 Å². The number of aromatic nitrogens is 3. The van der Waals surface area contributed by atoms with Crippen LogP contribution in [0.5, 0.6) is 5.88 Å². The normalized spacial score (nSPS) is 15.1. The van der Waals surface area contributed by atoms with Crippen molar-refractivity contribution in [2.75, 3.05) is 43.1 Å². The molecule has 0 aliphatic carbocycles. The van der Waals surface area contributed by atoms with E-state index in [9.17, 15) is 18.3 Å². The zero-order valence-corrected chi connectivity index (χ0v) is 19.3. The van der Waals surface area contributed by atoms with Crippen LogP contribution in [-0.2, 0) is 10.9 Å². The summed E-state index contributed by atoms with van der Waals surface area (Å²) in [5, 5.41) is 13.3. The highest BCUT2D eigenvalue weighted by Gasteiger charge is 2.31. The summed E-state index contributed by atoms with van der Waals surface area (Å²) in [6.07, 6.45) is -2.78. The fraction of sp³-hybridized carbons (Fsp3) is 0.375. The van der Waals surface area contributed by atoms with E-state index in [2.05, 4.69) is 15.3 Å². The molecule has 1 aliphatic heterocycles. The lowest BCUT2D eigenvalue weighted by Gasteiger charge is -2.29. The number of alkyl halides is 3. The Bertz CT molecular complexity index is 1170. The number of morpholine rings is 1. The number of benzene rings is 1. The van der Waals surface area contributed by atoms with Crippen LogP contribution in [0.2, 0.25) is 0 Å². The maximum atomic E-state index is 13.0. The first kappa shape index (κ1) is 24.7. The molecule has 4 rings (SSSR count). The highest BCUT2D eigenvalue weighted by molar-refractivity contribution is 5.68. The van der Waals surface area contributed by atoms with Crippen LogP contribution in [0.15, 0.2) is 42.7 Å². The summed E-state index contributed by atoms with van der Waals surface area (Å²) in [4.78, 5) is 15.7. The monoisotopic (exact) mass is 489 g/mol. The summed E-state index contributed by atoms with van der Waals surface area (Å²) < 4.78 is 50.2. The molecule has 35 heavy (non-hydrogen) atoms. The Morgan fingerprint density at radius 1 is 1.17 bits per heavy atom. The van der Waals surface area contributed by atoms with E-state index in [1.807, 2.05) is 18.7 Å². The number of ether oxygens (including phenoxy) is 2. The smallest absolute Gasteiger partial charge is 0.416 e. The first-order valence-electron chi connectivity index (χ1n) is 11.2. The van der Waals surface area contributed by atoms with Gasteiger partial charge in [0.15, 0.2) is 12.0 Å². The molecule has 0 amide bonds. The minimum atomic E-state index is -4.50. The molecule has 0 spiro atoms. The van der Waals surface area contributed by atoms with E-state index in [0.717, 1.165) is 12.1 Å². The van der Waals surface area contributed by atoms with Crippen LogP contribution in [0, 0.1) is 6.92 Å². The molecule has 1 unspecified atom stereocenters. The van der Waals surface area contributed by atoms with Gasteiger partial charge in [0.1, 0.15) is 0 Å². The molecule has 3 heterocycles. The van der Waals surface area contributed by atoms with Crippen LogP contribution >= 0.6 is 0 Å². The number of halogens is 3. The Hall–Kier alpha value is -3.44. The number of anilines is 2. The van der Waals surface area contributed by atoms with Gasteiger partial charge in [-0.25, -0.2) is 9.97 Å². The lowest BCUT2D eigenvalue weighted by atomic mass is 10.1.